The molecule has 1 aliphatic heterocycles. The molecule has 0 aliphatic carbocycles. The van der Waals surface area contributed by atoms with Gasteiger partial charge in [-0.1, -0.05) is 28.9 Å². The molecule has 0 N–H and O–H groups in total. The summed E-state index contributed by atoms with van der Waals surface area (Å²) in [6, 6.07) is 7.43. The monoisotopic (exact) mass is 250 g/mol. The normalized spacial score (nSPS) is 19.7. The summed E-state index contributed by atoms with van der Waals surface area (Å²) in [6.07, 6.45) is 1.91. The van der Waals surface area contributed by atoms with Gasteiger partial charge in [0.05, 0.1) is 5.02 Å². The van der Waals surface area contributed by atoms with Crippen LogP contribution >= 0.6 is 11.6 Å². The Morgan fingerprint density at radius 2 is 2.18 bits per heavy atom. The SMILES string of the molecule is Clc1ccccc1-c1noc([C@H]2CCCO2)n1. The number of hydrogen-bond donors (Lipinski definition) is 0. The zero-order valence-electron chi connectivity index (χ0n) is 9.10. The Bertz CT molecular complexity index is 521. The lowest BCUT2D eigenvalue weighted by atomic mass is 10.2. The first kappa shape index (κ1) is 10.7. The van der Waals surface area contributed by atoms with E-state index in [4.69, 9.17) is 20.9 Å². The van der Waals surface area contributed by atoms with Crippen LogP contribution in [-0.2, 0) is 4.74 Å². The summed E-state index contributed by atoms with van der Waals surface area (Å²) >= 11 is 6.07. The molecule has 0 radical (unpaired) electrons. The van der Waals surface area contributed by atoms with Crippen LogP contribution in [0.1, 0.15) is 24.8 Å². The largest absolute Gasteiger partial charge is 0.368 e. The summed E-state index contributed by atoms with van der Waals surface area (Å²) in [4.78, 5) is 4.34. The molecule has 0 spiro atoms. The Morgan fingerprint density at radius 1 is 1.29 bits per heavy atom. The molecule has 1 aromatic heterocycles. The number of nitrogens with zero attached hydrogens (tertiary/aromatic N) is 2. The minimum atomic E-state index is -0.0567. The summed E-state index contributed by atoms with van der Waals surface area (Å²) in [5, 5.41) is 4.56. The predicted molar refractivity (Wildman–Crippen MR) is 62.7 cm³/mol. The smallest absolute Gasteiger partial charge is 0.256 e. The second-order valence-electron chi connectivity index (χ2n) is 3.94. The molecule has 1 saturated heterocycles. The maximum absolute atomic E-state index is 6.07. The van der Waals surface area contributed by atoms with Crippen molar-refractivity contribution in [2.75, 3.05) is 6.61 Å². The first-order valence-electron chi connectivity index (χ1n) is 5.55. The number of benzene rings is 1. The molecule has 0 bridgehead atoms. The van der Waals surface area contributed by atoms with Crippen LogP contribution in [0.25, 0.3) is 11.4 Å². The summed E-state index contributed by atoms with van der Waals surface area (Å²) in [7, 11) is 0. The molecule has 1 fully saturated rings. The van der Waals surface area contributed by atoms with Crippen molar-refractivity contribution in [1.82, 2.24) is 10.1 Å². The van der Waals surface area contributed by atoms with Gasteiger partial charge in [0.15, 0.2) is 0 Å². The van der Waals surface area contributed by atoms with Crippen molar-refractivity contribution in [3.05, 3.63) is 35.2 Å². The Morgan fingerprint density at radius 3 is 2.94 bits per heavy atom. The molecule has 0 unspecified atom stereocenters. The molecule has 3 rings (SSSR count). The van der Waals surface area contributed by atoms with Crippen LogP contribution in [0, 0.1) is 0 Å². The Hall–Kier alpha value is -1.39. The molecule has 1 aliphatic rings. The standard InChI is InChI=1S/C12H11ClN2O2/c13-9-5-2-1-4-8(9)11-14-12(17-15-11)10-6-3-7-16-10/h1-2,4-5,10H,3,6-7H2/t10-/m1/s1. The second-order valence-corrected chi connectivity index (χ2v) is 4.34. The molecular formula is C12H11ClN2O2. The van der Waals surface area contributed by atoms with E-state index < -0.39 is 0 Å². The summed E-state index contributed by atoms with van der Waals surface area (Å²) < 4.78 is 10.7. The highest BCUT2D eigenvalue weighted by molar-refractivity contribution is 6.33. The van der Waals surface area contributed by atoms with Gasteiger partial charge in [0.1, 0.15) is 6.10 Å². The fourth-order valence-corrected chi connectivity index (χ4v) is 2.11. The highest BCUT2D eigenvalue weighted by atomic mass is 35.5. The van der Waals surface area contributed by atoms with E-state index in [0.717, 1.165) is 25.0 Å². The van der Waals surface area contributed by atoms with Gasteiger partial charge in [-0.05, 0) is 25.0 Å². The lowest BCUT2D eigenvalue weighted by Gasteiger charge is -2.00. The highest BCUT2D eigenvalue weighted by Gasteiger charge is 2.24. The van der Waals surface area contributed by atoms with Gasteiger partial charge in [-0.2, -0.15) is 4.98 Å². The minimum Gasteiger partial charge on any atom is -0.368 e. The maximum Gasteiger partial charge on any atom is 0.256 e. The van der Waals surface area contributed by atoms with Crippen molar-refractivity contribution in [2.45, 2.75) is 18.9 Å². The number of hydrogen-bond acceptors (Lipinski definition) is 4. The molecule has 1 atom stereocenters. The van der Waals surface area contributed by atoms with Crippen molar-refractivity contribution in [3.8, 4) is 11.4 Å². The van der Waals surface area contributed by atoms with Crippen molar-refractivity contribution in [1.29, 1.82) is 0 Å². The van der Waals surface area contributed by atoms with Crippen LogP contribution in [0.15, 0.2) is 28.8 Å². The van der Waals surface area contributed by atoms with Crippen molar-refractivity contribution in [3.63, 3.8) is 0 Å². The average Bonchev–Trinajstić information content (AvgIpc) is 3.00. The lowest BCUT2D eigenvalue weighted by molar-refractivity contribution is 0.0835. The molecule has 0 saturated carbocycles. The maximum atomic E-state index is 6.07. The summed E-state index contributed by atoms with van der Waals surface area (Å²) in [5.74, 6) is 1.05. The zero-order chi connectivity index (χ0) is 11.7. The van der Waals surface area contributed by atoms with E-state index in [1.165, 1.54) is 0 Å². The number of rotatable bonds is 2. The molecule has 4 nitrogen and oxygen atoms in total. The number of aromatic nitrogens is 2. The van der Waals surface area contributed by atoms with Gasteiger partial charge in [-0.25, -0.2) is 0 Å². The third-order valence-electron chi connectivity index (χ3n) is 2.76. The molecule has 2 aromatic rings. The number of halogens is 1. The molecule has 2 heterocycles. The molecular weight excluding hydrogens is 240 g/mol. The summed E-state index contributed by atoms with van der Waals surface area (Å²) in [5.41, 5.74) is 0.780. The average molecular weight is 251 g/mol. The Labute approximate surface area is 104 Å². The summed E-state index contributed by atoms with van der Waals surface area (Å²) in [6.45, 7) is 0.758. The second kappa shape index (κ2) is 4.47. The van der Waals surface area contributed by atoms with E-state index in [1.807, 2.05) is 18.2 Å². The molecule has 1 aromatic carbocycles. The lowest BCUT2D eigenvalue weighted by Crippen LogP contribution is -1.95. The fourth-order valence-electron chi connectivity index (χ4n) is 1.89. The molecule has 88 valence electrons. The van der Waals surface area contributed by atoms with Crippen LogP contribution in [-0.4, -0.2) is 16.7 Å². The van der Waals surface area contributed by atoms with Crippen LogP contribution < -0.4 is 0 Å². The van der Waals surface area contributed by atoms with Crippen LogP contribution in [0.5, 0.6) is 0 Å². The van der Waals surface area contributed by atoms with E-state index >= 15 is 0 Å². The number of ether oxygens (including phenoxy) is 1. The topological polar surface area (TPSA) is 48.2 Å². The van der Waals surface area contributed by atoms with Crippen LogP contribution in [0.2, 0.25) is 5.02 Å². The quantitative estimate of drug-likeness (QED) is 0.821. The van der Waals surface area contributed by atoms with Crippen LogP contribution in [0.4, 0.5) is 0 Å². The fraction of sp³-hybridized carbons (Fsp3) is 0.333. The van der Waals surface area contributed by atoms with Gasteiger partial charge in [0.2, 0.25) is 5.82 Å². The highest BCUT2D eigenvalue weighted by Crippen LogP contribution is 2.30. The van der Waals surface area contributed by atoms with Gasteiger partial charge in [-0.3, -0.25) is 0 Å². The van der Waals surface area contributed by atoms with Crippen molar-refractivity contribution >= 4 is 11.6 Å². The Kier molecular flexibility index (Phi) is 2.82. The van der Waals surface area contributed by atoms with Gasteiger partial charge in [0.25, 0.3) is 5.89 Å². The predicted octanol–water partition coefficient (Wildman–Crippen LogP) is 3.24. The van der Waals surface area contributed by atoms with E-state index in [-0.39, 0.29) is 6.10 Å². The van der Waals surface area contributed by atoms with E-state index in [2.05, 4.69) is 10.1 Å². The van der Waals surface area contributed by atoms with Crippen molar-refractivity contribution < 1.29 is 9.26 Å². The zero-order valence-corrected chi connectivity index (χ0v) is 9.85. The third kappa shape index (κ3) is 2.06. The molecule has 5 heteroatoms. The van der Waals surface area contributed by atoms with Crippen molar-refractivity contribution in [2.24, 2.45) is 0 Å². The molecule has 17 heavy (non-hydrogen) atoms. The van der Waals surface area contributed by atoms with Crippen LogP contribution in [0.3, 0.4) is 0 Å². The van der Waals surface area contributed by atoms with E-state index in [1.54, 1.807) is 6.07 Å². The van der Waals surface area contributed by atoms with Gasteiger partial charge >= 0.3 is 0 Å². The van der Waals surface area contributed by atoms with Gasteiger partial charge in [0, 0.05) is 12.2 Å². The van der Waals surface area contributed by atoms with E-state index in [0.29, 0.717) is 16.7 Å². The van der Waals surface area contributed by atoms with E-state index in [9.17, 15) is 0 Å². The van der Waals surface area contributed by atoms with Gasteiger partial charge < -0.3 is 9.26 Å². The first-order valence-corrected chi connectivity index (χ1v) is 5.92. The minimum absolute atomic E-state index is 0.0567. The van der Waals surface area contributed by atoms with Gasteiger partial charge in [-0.15, -0.1) is 0 Å². The third-order valence-corrected chi connectivity index (χ3v) is 3.09. The first-order chi connectivity index (χ1) is 8.34. The Balaban J connectivity index is 1.92. The molecule has 0 amide bonds.